The lowest BCUT2D eigenvalue weighted by Crippen LogP contribution is -2.08. The first-order valence-corrected chi connectivity index (χ1v) is 5.92. The van der Waals surface area contributed by atoms with E-state index in [1.807, 2.05) is 0 Å². The van der Waals surface area contributed by atoms with Crippen LogP contribution in [0.3, 0.4) is 0 Å². The summed E-state index contributed by atoms with van der Waals surface area (Å²) in [7, 11) is 0. The van der Waals surface area contributed by atoms with Crippen molar-refractivity contribution in [1.29, 1.82) is 0 Å². The molecule has 3 rings (SSSR count). The van der Waals surface area contributed by atoms with Crippen molar-refractivity contribution in [3.63, 3.8) is 0 Å². The molecule has 0 amide bonds. The molecule has 0 atom stereocenters. The van der Waals surface area contributed by atoms with Crippen molar-refractivity contribution < 1.29 is 9.13 Å². The maximum absolute atomic E-state index is 13.3. The van der Waals surface area contributed by atoms with Crippen molar-refractivity contribution in [2.24, 2.45) is 0 Å². The van der Waals surface area contributed by atoms with Crippen LogP contribution in [0.5, 0.6) is 11.8 Å². The molecule has 9 heteroatoms. The van der Waals surface area contributed by atoms with Gasteiger partial charge in [-0.3, -0.25) is 0 Å². The number of halogens is 1. The zero-order valence-electron chi connectivity index (χ0n) is 10.9. The first-order chi connectivity index (χ1) is 10.1. The monoisotopic (exact) mass is 287 g/mol. The van der Waals surface area contributed by atoms with Crippen molar-refractivity contribution in [3.05, 3.63) is 42.2 Å². The van der Waals surface area contributed by atoms with E-state index in [4.69, 9.17) is 10.5 Å². The largest absolute Gasteiger partial charge is 0.424 e. The van der Waals surface area contributed by atoms with Crippen LogP contribution in [0, 0.1) is 12.7 Å². The number of nitrogen functional groups attached to an aromatic ring is 1. The highest BCUT2D eigenvalue weighted by atomic mass is 19.1. The molecule has 8 nitrogen and oxygen atoms in total. The first kappa shape index (κ1) is 12.9. The summed E-state index contributed by atoms with van der Waals surface area (Å²) in [5, 5.41) is 3.89. The number of hydrogen-bond acceptors (Lipinski definition) is 7. The number of nitrogens with two attached hydrogens (primary N) is 1. The normalized spacial score (nSPS) is 10.6. The summed E-state index contributed by atoms with van der Waals surface area (Å²) in [5.74, 6) is -0.0112. The lowest BCUT2D eigenvalue weighted by molar-refractivity contribution is 0.431. The van der Waals surface area contributed by atoms with E-state index >= 15 is 0 Å². The first-order valence-electron chi connectivity index (χ1n) is 5.92. The third-order valence-electron chi connectivity index (χ3n) is 2.60. The molecule has 0 aliphatic carbocycles. The van der Waals surface area contributed by atoms with Gasteiger partial charge in [-0.05, 0) is 18.6 Å². The van der Waals surface area contributed by atoms with E-state index in [1.165, 1.54) is 29.5 Å². The standard InChI is InChI=1S/C12H10FN7O/c1-7-2-3-8(13)4-9(7)21-12-18-10(14)17-11(19-12)20-6-15-5-16-20/h2-6H,1H3,(H2,14,17,18,19). The van der Waals surface area contributed by atoms with Gasteiger partial charge in [-0.1, -0.05) is 6.07 Å². The van der Waals surface area contributed by atoms with E-state index in [0.717, 1.165) is 5.56 Å². The van der Waals surface area contributed by atoms with E-state index in [-0.39, 0.29) is 17.9 Å². The smallest absolute Gasteiger partial charge is 0.328 e. The van der Waals surface area contributed by atoms with Crippen molar-refractivity contribution >= 4 is 5.95 Å². The summed E-state index contributed by atoms with van der Waals surface area (Å²) in [6, 6.07) is 4.12. The van der Waals surface area contributed by atoms with Crippen molar-refractivity contribution in [1.82, 2.24) is 29.7 Å². The lowest BCUT2D eigenvalue weighted by atomic mass is 10.2. The highest BCUT2D eigenvalue weighted by Crippen LogP contribution is 2.23. The number of aromatic nitrogens is 6. The summed E-state index contributed by atoms with van der Waals surface area (Å²) in [4.78, 5) is 15.6. The van der Waals surface area contributed by atoms with Gasteiger partial charge in [0.1, 0.15) is 24.2 Å². The van der Waals surface area contributed by atoms with Crippen LogP contribution in [0.15, 0.2) is 30.9 Å². The molecule has 21 heavy (non-hydrogen) atoms. The lowest BCUT2D eigenvalue weighted by Gasteiger charge is -2.08. The number of hydrogen-bond donors (Lipinski definition) is 1. The predicted octanol–water partition coefficient (Wildman–Crippen LogP) is 1.27. The maximum atomic E-state index is 13.3. The van der Waals surface area contributed by atoms with Gasteiger partial charge < -0.3 is 10.5 Å². The van der Waals surface area contributed by atoms with Gasteiger partial charge >= 0.3 is 6.01 Å². The molecule has 0 radical (unpaired) electrons. The van der Waals surface area contributed by atoms with E-state index in [2.05, 4.69) is 25.0 Å². The fraction of sp³-hybridized carbons (Fsp3) is 0.0833. The van der Waals surface area contributed by atoms with Gasteiger partial charge in [-0.15, -0.1) is 0 Å². The maximum Gasteiger partial charge on any atom is 0.328 e. The van der Waals surface area contributed by atoms with Gasteiger partial charge in [0.05, 0.1) is 0 Å². The van der Waals surface area contributed by atoms with Gasteiger partial charge in [0.2, 0.25) is 5.95 Å². The van der Waals surface area contributed by atoms with Gasteiger partial charge in [-0.25, -0.2) is 9.37 Å². The van der Waals surface area contributed by atoms with Crippen LogP contribution in [0.1, 0.15) is 5.56 Å². The van der Waals surface area contributed by atoms with Gasteiger partial charge in [-0.2, -0.15) is 24.7 Å². The Morgan fingerprint density at radius 3 is 2.86 bits per heavy atom. The van der Waals surface area contributed by atoms with Gasteiger partial charge in [0.25, 0.3) is 5.95 Å². The van der Waals surface area contributed by atoms with E-state index in [9.17, 15) is 4.39 Å². The predicted molar refractivity (Wildman–Crippen MR) is 70.4 cm³/mol. The molecule has 106 valence electrons. The summed E-state index contributed by atoms with van der Waals surface area (Å²) < 4.78 is 20.0. The minimum atomic E-state index is -0.422. The summed E-state index contributed by atoms with van der Waals surface area (Å²) >= 11 is 0. The van der Waals surface area contributed by atoms with Gasteiger partial charge in [0.15, 0.2) is 0 Å². The molecule has 2 N–H and O–H groups in total. The highest BCUT2D eigenvalue weighted by Gasteiger charge is 2.10. The molecule has 0 aliphatic heterocycles. The summed E-state index contributed by atoms with van der Waals surface area (Å²) in [6.07, 6.45) is 2.74. The topological polar surface area (TPSA) is 105 Å². The molecule has 0 unspecified atom stereocenters. The quantitative estimate of drug-likeness (QED) is 0.773. The molecular weight excluding hydrogens is 277 g/mol. The van der Waals surface area contributed by atoms with Crippen LogP contribution in [-0.2, 0) is 0 Å². The van der Waals surface area contributed by atoms with Crippen LogP contribution in [0.25, 0.3) is 5.95 Å². The second kappa shape index (κ2) is 5.12. The summed E-state index contributed by atoms with van der Waals surface area (Å²) in [5.41, 5.74) is 6.34. The summed E-state index contributed by atoms with van der Waals surface area (Å²) in [6.45, 7) is 1.78. The molecule has 0 bridgehead atoms. The Kier molecular flexibility index (Phi) is 3.14. The molecule has 1 aromatic carbocycles. The molecule has 0 fully saturated rings. The third-order valence-corrected chi connectivity index (χ3v) is 2.60. The minimum absolute atomic E-state index is 0.0421. The van der Waals surface area contributed by atoms with Crippen LogP contribution < -0.4 is 10.5 Å². The van der Waals surface area contributed by atoms with Crippen LogP contribution in [0.2, 0.25) is 0 Å². The molecule has 0 aliphatic rings. The fourth-order valence-corrected chi connectivity index (χ4v) is 1.60. The van der Waals surface area contributed by atoms with Crippen LogP contribution in [-0.4, -0.2) is 29.7 Å². The number of nitrogens with zero attached hydrogens (tertiary/aromatic N) is 6. The molecule has 0 spiro atoms. The zero-order valence-corrected chi connectivity index (χ0v) is 10.9. The Hall–Kier alpha value is -3.10. The number of rotatable bonds is 3. The second-order valence-electron chi connectivity index (χ2n) is 4.13. The Morgan fingerprint density at radius 2 is 2.10 bits per heavy atom. The van der Waals surface area contributed by atoms with E-state index in [0.29, 0.717) is 5.75 Å². The molecule has 2 heterocycles. The number of aryl methyl sites for hydroxylation is 1. The highest BCUT2D eigenvalue weighted by molar-refractivity contribution is 5.35. The van der Waals surface area contributed by atoms with Crippen molar-refractivity contribution in [3.8, 4) is 17.7 Å². The number of ether oxygens (including phenoxy) is 1. The Morgan fingerprint density at radius 1 is 1.24 bits per heavy atom. The Balaban J connectivity index is 1.97. The molecule has 0 saturated carbocycles. The van der Waals surface area contributed by atoms with Crippen molar-refractivity contribution in [2.75, 3.05) is 5.73 Å². The van der Waals surface area contributed by atoms with Crippen LogP contribution in [0.4, 0.5) is 10.3 Å². The minimum Gasteiger partial charge on any atom is -0.424 e. The van der Waals surface area contributed by atoms with E-state index < -0.39 is 5.82 Å². The Bertz CT molecular complexity index is 775. The van der Waals surface area contributed by atoms with E-state index in [1.54, 1.807) is 13.0 Å². The molecule has 3 aromatic rings. The Labute approximate surface area is 118 Å². The molecular formula is C12H10FN7O. The zero-order chi connectivity index (χ0) is 14.8. The number of anilines is 1. The van der Waals surface area contributed by atoms with Crippen molar-refractivity contribution in [2.45, 2.75) is 6.92 Å². The molecule has 2 aromatic heterocycles. The molecule has 0 saturated heterocycles. The average Bonchev–Trinajstić information content (AvgIpc) is 2.96. The van der Waals surface area contributed by atoms with Crippen LogP contribution >= 0.6 is 0 Å². The number of benzene rings is 1. The van der Waals surface area contributed by atoms with Gasteiger partial charge in [0, 0.05) is 6.07 Å². The SMILES string of the molecule is Cc1ccc(F)cc1Oc1nc(N)nc(-n2cncn2)n1. The average molecular weight is 287 g/mol. The third kappa shape index (κ3) is 2.76. The fourth-order valence-electron chi connectivity index (χ4n) is 1.60. The second-order valence-corrected chi connectivity index (χ2v) is 4.13.